The van der Waals surface area contributed by atoms with Gasteiger partial charge in [0.1, 0.15) is 5.82 Å². The van der Waals surface area contributed by atoms with Gasteiger partial charge in [-0.1, -0.05) is 35.5 Å². The van der Waals surface area contributed by atoms with Crippen molar-refractivity contribution in [3.8, 4) is 11.3 Å². The molecule has 0 atom stereocenters. The third-order valence-electron chi connectivity index (χ3n) is 2.05. The van der Waals surface area contributed by atoms with Crippen LogP contribution in [0.2, 0.25) is 5.02 Å². The fourth-order valence-corrected chi connectivity index (χ4v) is 1.82. The van der Waals surface area contributed by atoms with Crippen molar-refractivity contribution >= 4 is 29.2 Å². The van der Waals surface area contributed by atoms with Crippen LogP contribution in [0.25, 0.3) is 11.3 Å². The number of hydrogen-bond donors (Lipinski definition) is 1. The molecule has 0 amide bonds. The van der Waals surface area contributed by atoms with Crippen molar-refractivity contribution in [3.63, 3.8) is 0 Å². The minimum atomic E-state index is 0.476. The summed E-state index contributed by atoms with van der Waals surface area (Å²) in [5.74, 6) is 0.476. The van der Waals surface area contributed by atoms with Crippen LogP contribution in [-0.2, 0) is 0 Å². The average molecular weight is 252 g/mol. The molecule has 0 unspecified atom stereocenters. The quantitative estimate of drug-likeness (QED) is 0.658. The molecule has 1 aromatic heterocycles. The van der Waals surface area contributed by atoms with E-state index < -0.39 is 0 Å². The van der Waals surface area contributed by atoms with E-state index in [9.17, 15) is 0 Å². The SMILES string of the molecule is CSc1nc(N)cc(-c2ccc(Cl)cc2)n1. The third kappa shape index (κ3) is 2.46. The van der Waals surface area contributed by atoms with Crippen LogP contribution in [0.4, 0.5) is 5.82 Å². The van der Waals surface area contributed by atoms with Crippen molar-refractivity contribution < 1.29 is 0 Å². The first-order valence-corrected chi connectivity index (χ1v) is 6.24. The molecule has 0 aliphatic rings. The Balaban J connectivity index is 2.47. The number of benzene rings is 1. The summed E-state index contributed by atoms with van der Waals surface area (Å²) in [4.78, 5) is 8.48. The number of hydrogen-bond acceptors (Lipinski definition) is 4. The lowest BCUT2D eigenvalue weighted by Gasteiger charge is -2.04. The summed E-state index contributed by atoms with van der Waals surface area (Å²) in [6.07, 6.45) is 1.92. The first-order valence-electron chi connectivity index (χ1n) is 4.63. The van der Waals surface area contributed by atoms with Crippen LogP contribution in [0, 0.1) is 0 Å². The molecular formula is C11H10ClN3S. The van der Waals surface area contributed by atoms with E-state index in [1.807, 2.05) is 30.5 Å². The van der Waals surface area contributed by atoms with Gasteiger partial charge in [-0.25, -0.2) is 9.97 Å². The summed E-state index contributed by atoms with van der Waals surface area (Å²) in [5.41, 5.74) is 7.51. The Morgan fingerprint density at radius 3 is 2.50 bits per heavy atom. The van der Waals surface area contributed by atoms with Gasteiger partial charge in [0.25, 0.3) is 0 Å². The zero-order chi connectivity index (χ0) is 11.5. The van der Waals surface area contributed by atoms with E-state index in [0.29, 0.717) is 16.0 Å². The van der Waals surface area contributed by atoms with Gasteiger partial charge >= 0.3 is 0 Å². The second-order valence-electron chi connectivity index (χ2n) is 3.17. The third-order valence-corrected chi connectivity index (χ3v) is 2.85. The Labute approximate surface area is 103 Å². The molecule has 2 aromatic rings. The molecule has 0 saturated heterocycles. The molecule has 0 spiro atoms. The molecular weight excluding hydrogens is 242 g/mol. The fourth-order valence-electron chi connectivity index (χ4n) is 1.30. The molecule has 1 aromatic carbocycles. The number of thioether (sulfide) groups is 1. The number of nitrogen functional groups attached to an aromatic ring is 1. The summed E-state index contributed by atoms with van der Waals surface area (Å²) in [6.45, 7) is 0. The van der Waals surface area contributed by atoms with Crippen molar-refractivity contribution in [1.29, 1.82) is 0 Å². The van der Waals surface area contributed by atoms with Gasteiger partial charge in [0.05, 0.1) is 5.69 Å². The highest BCUT2D eigenvalue weighted by Gasteiger charge is 2.04. The standard InChI is InChI=1S/C11H10ClN3S/c1-16-11-14-9(6-10(13)15-11)7-2-4-8(12)5-3-7/h2-6H,1H3,(H2,13,14,15). The van der Waals surface area contributed by atoms with Crippen molar-refractivity contribution in [2.75, 3.05) is 12.0 Å². The molecule has 2 rings (SSSR count). The normalized spacial score (nSPS) is 10.4. The maximum absolute atomic E-state index is 5.83. The maximum atomic E-state index is 5.83. The van der Waals surface area contributed by atoms with E-state index in [2.05, 4.69) is 9.97 Å². The Bertz CT molecular complexity index is 499. The number of nitrogens with two attached hydrogens (primary N) is 1. The first kappa shape index (κ1) is 11.2. The van der Waals surface area contributed by atoms with Gasteiger partial charge in [0, 0.05) is 16.7 Å². The minimum absolute atomic E-state index is 0.476. The molecule has 0 saturated carbocycles. The van der Waals surface area contributed by atoms with Crippen molar-refractivity contribution in [2.45, 2.75) is 5.16 Å². The number of anilines is 1. The molecule has 0 aliphatic heterocycles. The van der Waals surface area contributed by atoms with E-state index >= 15 is 0 Å². The monoisotopic (exact) mass is 251 g/mol. The predicted octanol–water partition coefficient (Wildman–Crippen LogP) is 3.10. The first-order chi connectivity index (χ1) is 7.69. The van der Waals surface area contributed by atoms with Crippen LogP contribution >= 0.6 is 23.4 Å². The molecule has 0 radical (unpaired) electrons. The Kier molecular flexibility index (Phi) is 3.31. The van der Waals surface area contributed by atoms with Gasteiger partial charge in [0.2, 0.25) is 0 Å². The van der Waals surface area contributed by atoms with Crippen LogP contribution in [0.1, 0.15) is 0 Å². The van der Waals surface area contributed by atoms with E-state index in [-0.39, 0.29) is 0 Å². The number of aromatic nitrogens is 2. The highest BCUT2D eigenvalue weighted by atomic mass is 35.5. The summed E-state index contributed by atoms with van der Waals surface area (Å²) in [5, 5.41) is 1.38. The predicted molar refractivity (Wildman–Crippen MR) is 68.7 cm³/mol. The van der Waals surface area contributed by atoms with E-state index in [4.69, 9.17) is 17.3 Å². The van der Waals surface area contributed by atoms with Crippen LogP contribution in [0.3, 0.4) is 0 Å². The van der Waals surface area contributed by atoms with Crippen LogP contribution < -0.4 is 5.73 Å². The zero-order valence-corrected chi connectivity index (χ0v) is 10.2. The molecule has 3 nitrogen and oxygen atoms in total. The average Bonchev–Trinajstić information content (AvgIpc) is 2.29. The Morgan fingerprint density at radius 2 is 1.88 bits per heavy atom. The van der Waals surface area contributed by atoms with E-state index in [1.54, 1.807) is 6.07 Å². The zero-order valence-electron chi connectivity index (χ0n) is 8.64. The molecule has 0 aliphatic carbocycles. The molecule has 5 heteroatoms. The van der Waals surface area contributed by atoms with Crippen molar-refractivity contribution in [1.82, 2.24) is 9.97 Å². The smallest absolute Gasteiger partial charge is 0.189 e. The van der Waals surface area contributed by atoms with Crippen LogP contribution in [0.15, 0.2) is 35.5 Å². The lowest BCUT2D eigenvalue weighted by molar-refractivity contribution is 0.985. The molecule has 0 bridgehead atoms. The van der Waals surface area contributed by atoms with E-state index in [1.165, 1.54) is 11.8 Å². The number of halogens is 1. The summed E-state index contributed by atoms with van der Waals surface area (Å²) in [7, 11) is 0. The van der Waals surface area contributed by atoms with Gasteiger partial charge < -0.3 is 5.73 Å². The molecule has 1 heterocycles. The van der Waals surface area contributed by atoms with Crippen molar-refractivity contribution in [3.05, 3.63) is 35.4 Å². The topological polar surface area (TPSA) is 51.8 Å². The summed E-state index contributed by atoms with van der Waals surface area (Å²) >= 11 is 7.29. The summed E-state index contributed by atoms with van der Waals surface area (Å²) in [6, 6.07) is 9.23. The number of nitrogens with zero attached hydrogens (tertiary/aromatic N) is 2. The minimum Gasteiger partial charge on any atom is -0.384 e. The fraction of sp³-hybridized carbons (Fsp3) is 0.0909. The van der Waals surface area contributed by atoms with Crippen LogP contribution in [0.5, 0.6) is 0 Å². The highest BCUT2D eigenvalue weighted by molar-refractivity contribution is 7.98. The highest BCUT2D eigenvalue weighted by Crippen LogP contribution is 2.23. The Morgan fingerprint density at radius 1 is 1.19 bits per heavy atom. The van der Waals surface area contributed by atoms with Crippen molar-refractivity contribution in [2.24, 2.45) is 0 Å². The van der Waals surface area contributed by atoms with Crippen LogP contribution in [-0.4, -0.2) is 16.2 Å². The van der Waals surface area contributed by atoms with Gasteiger partial charge in [-0.3, -0.25) is 0 Å². The van der Waals surface area contributed by atoms with Gasteiger partial charge in [-0.05, 0) is 18.4 Å². The molecule has 2 N–H and O–H groups in total. The van der Waals surface area contributed by atoms with E-state index in [0.717, 1.165) is 11.3 Å². The maximum Gasteiger partial charge on any atom is 0.189 e. The van der Waals surface area contributed by atoms with Gasteiger partial charge in [0.15, 0.2) is 5.16 Å². The second-order valence-corrected chi connectivity index (χ2v) is 4.38. The lowest BCUT2D eigenvalue weighted by atomic mass is 10.1. The number of rotatable bonds is 2. The molecule has 82 valence electrons. The summed E-state index contributed by atoms with van der Waals surface area (Å²) < 4.78 is 0. The second kappa shape index (κ2) is 4.72. The Hall–Kier alpha value is -1.26. The van der Waals surface area contributed by atoms with Gasteiger partial charge in [-0.2, -0.15) is 0 Å². The molecule has 16 heavy (non-hydrogen) atoms. The largest absolute Gasteiger partial charge is 0.384 e. The van der Waals surface area contributed by atoms with Gasteiger partial charge in [-0.15, -0.1) is 0 Å². The molecule has 0 fully saturated rings. The lowest BCUT2D eigenvalue weighted by Crippen LogP contribution is -1.96.